The van der Waals surface area contributed by atoms with Gasteiger partial charge in [0.05, 0.1) is 6.61 Å². The molecule has 0 spiro atoms. The summed E-state index contributed by atoms with van der Waals surface area (Å²) in [5.41, 5.74) is 7.64. The van der Waals surface area contributed by atoms with E-state index in [4.69, 9.17) is 10.5 Å². The maximum absolute atomic E-state index is 6.16. The molecule has 1 unspecified atom stereocenters. The summed E-state index contributed by atoms with van der Waals surface area (Å²) in [6.07, 6.45) is 2.03. The van der Waals surface area contributed by atoms with E-state index in [1.807, 2.05) is 19.1 Å². The molecular formula is C15H25NO. The van der Waals surface area contributed by atoms with Crippen LogP contribution >= 0.6 is 0 Å². The van der Waals surface area contributed by atoms with E-state index >= 15 is 0 Å². The van der Waals surface area contributed by atoms with Gasteiger partial charge in [-0.15, -0.1) is 0 Å². The van der Waals surface area contributed by atoms with Crippen molar-refractivity contribution in [3.63, 3.8) is 0 Å². The Hall–Kier alpha value is -1.02. The molecule has 1 aromatic rings. The smallest absolute Gasteiger partial charge is 0.119 e. The normalized spacial score (nSPS) is 13.5. The molecule has 0 heterocycles. The van der Waals surface area contributed by atoms with Crippen LogP contribution in [0.3, 0.4) is 0 Å². The highest BCUT2D eigenvalue weighted by Crippen LogP contribution is 2.22. The second-order valence-corrected chi connectivity index (χ2v) is 5.59. The van der Waals surface area contributed by atoms with Crippen LogP contribution in [0.2, 0.25) is 0 Å². The maximum Gasteiger partial charge on any atom is 0.119 e. The number of ether oxygens (including phenoxy) is 1. The van der Waals surface area contributed by atoms with Crippen molar-refractivity contribution in [1.82, 2.24) is 0 Å². The minimum absolute atomic E-state index is 0.178. The fourth-order valence-electron chi connectivity index (χ4n) is 1.71. The zero-order chi connectivity index (χ0) is 12.9. The third-order valence-corrected chi connectivity index (χ3v) is 3.07. The predicted molar refractivity (Wildman–Crippen MR) is 73.4 cm³/mol. The van der Waals surface area contributed by atoms with Crippen molar-refractivity contribution in [2.75, 3.05) is 6.61 Å². The van der Waals surface area contributed by atoms with Crippen LogP contribution in [0.15, 0.2) is 24.3 Å². The highest BCUT2D eigenvalue weighted by molar-refractivity contribution is 5.28. The third kappa shape index (κ3) is 4.78. The van der Waals surface area contributed by atoms with Gasteiger partial charge in [0.1, 0.15) is 5.75 Å². The van der Waals surface area contributed by atoms with Crippen LogP contribution in [0.25, 0.3) is 0 Å². The molecule has 0 saturated heterocycles. The molecule has 0 aliphatic carbocycles. The average Bonchev–Trinajstić information content (AvgIpc) is 2.25. The van der Waals surface area contributed by atoms with E-state index < -0.39 is 0 Å². The van der Waals surface area contributed by atoms with E-state index in [0.717, 1.165) is 18.6 Å². The Morgan fingerprint density at radius 1 is 1.29 bits per heavy atom. The van der Waals surface area contributed by atoms with Gasteiger partial charge in [0.25, 0.3) is 0 Å². The summed E-state index contributed by atoms with van der Waals surface area (Å²) in [4.78, 5) is 0. The van der Waals surface area contributed by atoms with Gasteiger partial charge < -0.3 is 10.5 Å². The van der Waals surface area contributed by atoms with Crippen molar-refractivity contribution in [3.05, 3.63) is 29.8 Å². The van der Waals surface area contributed by atoms with Crippen molar-refractivity contribution >= 4 is 0 Å². The van der Waals surface area contributed by atoms with Crippen molar-refractivity contribution in [3.8, 4) is 5.75 Å². The molecule has 1 rings (SSSR count). The van der Waals surface area contributed by atoms with E-state index in [0.29, 0.717) is 6.61 Å². The van der Waals surface area contributed by atoms with E-state index in [9.17, 15) is 0 Å². The van der Waals surface area contributed by atoms with E-state index in [1.165, 1.54) is 5.56 Å². The number of aryl methyl sites for hydroxylation is 1. The summed E-state index contributed by atoms with van der Waals surface area (Å²) >= 11 is 0. The molecule has 1 aromatic carbocycles. The zero-order valence-electron chi connectivity index (χ0n) is 11.5. The minimum atomic E-state index is 0.178. The van der Waals surface area contributed by atoms with Gasteiger partial charge in [0, 0.05) is 6.04 Å². The molecule has 2 heteroatoms. The Labute approximate surface area is 105 Å². The number of benzene rings is 1. The summed E-state index contributed by atoms with van der Waals surface area (Å²) in [6, 6.07) is 8.52. The van der Waals surface area contributed by atoms with Crippen molar-refractivity contribution in [1.29, 1.82) is 0 Å². The first-order valence-corrected chi connectivity index (χ1v) is 6.41. The Balaban J connectivity index is 2.54. The third-order valence-electron chi connectivity index (χ3n) is 3.07. The lowest BCUT2D eigenvalue weighted by Crippen LogP contribution is -2.35. The van der Waals surface area contributed by atoms with Gasteiger partial charge in [-0.25, -0.2) is 0 Å². The second kappa shape index (κ2) is 6.06. The maximum atomic E-state index is 6.16. The molecule has 0 fully saturated rings. The molecule has 0 aliphatic rings. The fourth-order valence-corrected chi connectivity index (χ4v) is 1.71. The molecule has 0 saturated carbocycles. The summed E-state index contributed by atoms with van der Waals surface area (Å²) in [5.74, 6) is 0.953. The van der Waals surface area contributed by atoms with Crippen molar-refractivity contribution < 1.29 is 4.74 Å². The summed E-state index contributed by atoms with van der Waals surface area (Å²) in [5, 5.41) is 0. The van der Waals surface area contributed by atoms with Gasteiger partial charge in [-0.05, 0) is 42.9 Å². The molecule has 1 atom stereocenters. The van der Waals surface area contributed by atoms with Crippen LogP contribution in [0.5, 0.6) is 5.75 Å². The molecular weight excluding hydrogens is 210 g/mol. The monoisotopic (exact) mass is 235 g/mol. The molecule has 17 heavy (non-hydrogen) atoms. The predicted octanol–water partition coefficient (Wildman–Crippen LogP) is 3.39. The van der Waals surface area contributed by atoms with Crippen LogP contribution in [-0.4, -0.2) is 12.6 Å². The summed E-state index contributed by atoms with van der Waals surface area (Å²) in [7, 11) is 0. The summed E-state index contributed by atoms with van der Waals surface area (Å²) in [6.45, 7) is 9.28. The molecule has 0 bridgehead atoms. The van der Waals surface area contributed by atoms with Crippen LogP contribution in [0.4, 0.5) is 0 Å². The lowest BCUT2D eigenvalue weighted by atomic mass is 9.84. The fraction of sp³-hybridized carbons (Fsp3) is 0.600. The van der Waals surface area contributed by atoms with Crippen LogP contribution in [-0.2, 0) is 6.42 Å². The van der Waals surface area contributed by atoms with Gasteiger partial charge in [0.15, 0.2) is 0 Å². The SMILES string of the molecule is CCOc1cccc(CCC(N)C(C)(C)C)c1. The molecule has 0 amide bonds. The molecule has 2 nitrogen and oxygen atoms in total. The molecule has 2 N–H and O–H groups in total. The average molecular weight is 235 g/mol. The number of rotatable bonds is 5. The lowest BCUT2D eigenvalue weighted by Gasteiger charge is -2.27. The van der Waals surface area contributed by atoms with Gasteiger partial charge in [-0.2, -0.15) is 0 Å². The number of nitrogens with two attached hydrogens (primary N) is 1. The van der Waals surface area contributed by atoms with Crippen LogP contribution in [0, 0.1) is 5.41 Å². The standard InChI is InChI=1S/C15H25NO/c1-5-17-13-8-6-7-12(11-13)9-10-14(16)15(2,3)4/h6-8,11,14H,5,9-10,16H2,1-4H3. The number of hydrogen-bond donors (Lipinski definition) is 1. The van der Waals surface area contributed by atoms with Gasteiger partial charge >= 0.3 is 0 Å². The molecule has 0 aliphatic heterocycles. The van der Waals surface area contributed by atoms with E-state index in [2.05, 4.69) is 32.9 Å². The first kappa shape index (κ1) is 14.0. The van der Waals surface area contributed by atoms with Gasteiger partial charge in [-0.3, -0.25) is 0 Å². The van der Waals surface area contributed by atoms with E-state index in [-0.39, 0.29) is 11.5 Å². The Morgan fingerprint density at radius 3 is 2.59 bits per heavy atom. The zero-order valence-corrected chi connectivity index (χ0v) is 11.5. The quantitative estimate of drug-likeness (QED) is 0.849. The van der Waals surface area contributed by atoms with E-state index in [1.54, 1.807) is 0 Å². The van der Waals surface area contributed by atoms with Gasteiger partial charge in [0.2, 0.25) is 0 Å². The minimum Gasteiger partial charge on any atom is -0.494 e. The molecule has 0 aromatic heterocycles. The van der Waals surface area contributed by atoms with Crippen LogP contribution in [0.1, 0.15) is 39.7 Å². The molecule has 96 valence electrons. The Bertz CT molecular complexity index is 341. The highest BCUT2D eigenvalue weighted by Gasteiger charge is 2.19. The topological polar surface area (TPSA) is 35.2 Å². The van der Waals surface area contributed by atoms with Crippen molar-refractivity contribution in [2.24, 2.45) is 11.1 Å². The summed E-state index contributed by atoms with van der Waals surface area (Å²) < 4.78 is 5.49. The molecule has 0 radical (unpaired) electrons. The number of hydrogen-bond acceptors (Lipinski definition) is 2. The largest absolute Gasteiger partial charge is 0.494 e. The second-order valence-electron chi connectivity index (χ2n) is 5.59. The van der Waals surface area contributed by atoms with Gasteiger partial charge in [-0.1, -0.05) is 32.9 Å². The Kier molecular flexibility index (Phi) is 5.01. The first-order valence-electron chi connectivity index (χ1n) is 6.41. The Morgan fingerprint density at radius 2 is 2.00 bits per heavy atom. The van der Waals surface area contributed by atoms with Crippen LogP contribution < -0.4 is 10.5 Å². The lowest BCUT2D eigenvalue weighted by molar-refractivity contribution is 0.305. The van der Waals surface area contributed by atoms with Crippen molar-refractivity contribution in [2.45, 2.75) is 46.6 Å². The highest BCUT2D eigenvalue weighted by atomic mass is 16.5. The first-order chi connectivity index (χ1) is 7.93.